The predicted molar refractivity (Wildman–Crippen MR) is 131 cm³/mol. The molecule has 0 bridgehead atoms. The van der Waals surface area contributed by atoms with Gasteiger partial charge in [-0.15, -0.1) is 0 Å². The van der Waals surface area contributed by atoms with Gasteiger partial charge < -0.3 is 14.6 Å². The third kappa shape index (κ3) is 4.40. The van der Waals surface area contributed by atoms with Crippen LogP contribution in [0.4, 0.5) is 5.69 Å². The van der Waals surface area contributed by atoms with Crippen molar-refractivity contribution in [1.82, 2.24) is 0 Å². The van der Waals surface area contributed by atoms with Crippen molar-refractivity contribution in [3.8, 4) is 0 Å². The fourth-order valence-corrected chi connectivity index (χ4v) is 3.71. The molecule has 1 fully saturated rings. The van der Waals surface area contributed by atoms with Gasteiger partial charge in [0.1, 0.15) is 0 Å². The lowest BCUT2D eigenvalue weighted by molar-refractivity contribution is -0.111. The van der Waals surface area contributed by atoms with Crippen molar-refractivity contribution in [3.63, 3.8) is 0 Å². The van der Waals surface area contributed by atoms with Gasteiger partial charge in [0.25, 0.3) is 5.91 Å². The average molecular weight is 425 g/mol. The lowest BCUT2D eigenvalue weighted by Gasteiger charge is -2.32. The van der Waals surface area contributed by atoms with E-state index in [0.29, 0.717) is 11.0 Å². The van der Waals surface area contributed by atoms with Crippen LogP contribution >= 0.6 is 0 Å². The summed E-state index contributed by atoms with van der Waals surface area (Å²) in [6.07, 6.45) is 0. The summed E-state index contributed by atoms with van der Waals surface area (Å²) >= 11 is 0. The Kier molecular flexibility index (Phi) is 6.05. The smallest absolute Gasteiger partial charge is 0.399 e. The van der Waals surface area contributed by atoms with Crippen LogP contribution in [0.5, 0.6) is 0 Å². The van der Waals surface area contributed by atoms with Gasteiger partial charge in [-0.1, -0.05) is 78.9 Å². The first kappa shape index (κ1) is 22.1. The molecule has 0 aromatic heterocycles. The molecular formula is C27H28BNO3. The first-order valence-corrected chi connectivity index (χ1v) is 10.9. The Bertz CT molecular complexity index is 1090. The van der Waals surface area contributed by atoms with E-state index < -0.39 is 18.3 Å². The molecule has 0 saturated carbocycles. The molecule has 0 spiro atoms. The molecule has 0 aliphatic carbocycles. The Morgan fingerprint density at radius 1 is 0.688 bits per heavy atom. The Balaban J connectivity index is 1.91. The van der Waals surface area contributed by atoms with Gasteiger partial charge in [0.15, 0.2) is 0 Å². The molecule has 4 nitrogen and oxygen atoms in total. The summed E-state index contributed by atoms with van der Waals surface area (Å²) in [5, 5.41) is 3.05. The second-order valence-electron chi connectivity index (χ2n) is 8.93. The number of nitrogens with one attached hydrogen (secondary N) is 1. The zero-order chi connectivity index (χ0) is 22.8. The summed E-state index contributed by atoms with van der Waals surface area (Å²) in [5.41, 5.74) is 2.59. The lowest BCUT2D eigenvalue weighted by Crippen LogP contribution is -2.41. The van der Waals surface area contributed by atoms with E-state index in [4.69, 9.17) is 9.31 Å². The highest BCUT2D eigenvalue weighted by molar-refractivity contribution is 6.73. The molecule has 0 atom stereocenters. The highest BCUT2D eigenvalue weighted by Gasteiger charge is 2.53. The van der Waals surface area contributed by atoms with E-state index in [-0.39, 0.29) is 5.91 Å². The van der Waals surface area contributed by atoms with Crippen LogP contribution in [0.3, 0.4) is 0 Å². The van der Waals surface area contributed by atoms with E-state index in [9.17, 15) is 4.79 Å². The van der Waals surface area contributed by atoms with Crippen molar-refractivity contribution in [2.75, 3.05) is 5.32 Å². The minimum absolute atomic E-state index is 0.212. The van der Waals surface area contributed by atoms with Crippen molar-refractivity contribution in [1.29, 1.82) is 0 Å². The quantitative estimate of drug-likeness (QED) is 0.316. The Labute approximate surface area is 190 Å². The predicted octanol–water partition coefficient (Wildman–Crippen LogP) is 5.87. The minimum atomic E-state index is -0.695. The van der Waals surface area contributed by atoms with Crippen LogP contribution in [-0.2, 0) is 14.1 Å². The fourth-order valence-electron chi connectivity index (χ4n) is 3.71. The number of hydrogen-bond donors (Lipinski definition) is 1. The van der Waals surface area contributed by atoms with E-state index in [2.05, 4.69) is 5.32 Å². The van der Waals surface area contributed by atoms with Crippen molar-refractivity contribution >= 4 is 29.8 Å². The van der Waals surface area contributed by atoms with Gasteiger partial charge in [0.2, 0.25) is 0 Å². The van der Waals surface area contributed by atoms with E-state index >= 15 is 0 Å². The molecule has 1 aliphatic rings. The summed E-state index contributed by atoms with van der Waals surface area (Å²) in [4.78, 5) is 13.7. The third-order valence-corrected chi connectivity index (χ3v) is 6.16. The Morgan fingerprint density at radius 2 is 1.12 bits per heavy atom. The summed E-state index contributed by atoms with van der Waals surface area (Å²) in [5.74, 6) is -0.212. The van der Waals surface area contributed by atoms with Crippen LogP contribution in [0.25, 0.3) is 11.0 Å². The van der Waals surface area contributed by atoms with Crippen molar-refractivity contribution in [2.45, 2.75) is 38.9 Å². The number of hydrogen-bond acceptors (Lipinski definition) is 3. The highest BCUT2D eigenvalue weighted by atomic mass is 16.7. The second-order valence-corrected chi connectivity index (χ2v) is 8.93. The molecule has 3 aromatic rings. The van der Waals surface area contributed by atoms with Gasteiger partial charge in [-0.25, -0.2) is 0 Å². The van der Waals surface area contributed by atoms with E-state index in [1.54, 1.807) is 0 Å². The average Bonchev–Trinajstić information content (AvgIpc) is 3.00. The van der Waals surface area contributed by atoms with Gasteiger partial charge in [0.05, 0.1) is 11.2 Å². The number of amides is 1. The van der Waals surface area contributed by atoms with Gasteiger partial charge in [-0.05, 0) is 51.0 Å². The molecule has 0 radical (unpaired) electrons. The van der Waals surface area contributed by atoms with Gasteiger partial charge in [-0.2, -0.15) is 0 Å². The summed E-state index contributed by atoms with van der Waals surface area (Å²) in [6.45, 7) is 8.06. The molecule has 4 rings (SSSR count). The van der Waals surface area contributed by atoms with E-state index in [0.717, 1.165) is 16.8 Å². The summed E-state index contributed by atoms with van der Waals surface area (Å²) in [6, 6.07) is 29.0. The van der Waals surface area contributed by atoms with Crippen molar-refractivity contribution < 1.29 is 14.1 Å². The number of carbonyl (C=O) groups is 1. The number of benzene rings is 3. The number of para-hydroxylation sites is 1. The molecule has 162 valence electrons. The minimum Gasteiger partial charge on any atom is -0.399 e. The van der Waals surface area contributed by atoms with Crippen LogP contribution in [-0.4, -0.2) is 24.2 Å². The maximum Gasteiger partial charge on any atom is 0.496 e. The van der Waals surface area contributed by atoms with Crippen LogP contribution < -0.4 is 5.32 Å². The normalized spacial score (nSPS) is 17.6. The van der Waals surface area contributed by atoms with Gasteiger partial charge in [-0.3, -0.25) is 4.79 Å². The van der Waals surface area contributed by atoms with Crippen molar-refractivity contribution in [3.05, 3.63) is 102 Å². The van der Waals surface area contributed by atoms with Crippen LogP contribution in [0.2, 0.25) is 0 Å². The van der Waals surface area contributed by atoms with Crippen molar-refractivity contribution in [2.24, 2.45) is 0 Å². The summed E-state index contributed by atoms with van der Waals surface area (Å²) in [7, 11) is -0.695. The number of carbonyl (C=O) groups excluding carboxylic acids is 1. The molecule has 3 aromatic carbocycles. The zero-order valence-electron chi connectivity index (χ0n) is 19.0. The molecule has 5 heteroatoms. The van der Waals surface area contributed by atoms with Gasteiger partial charge in [0, 0.05) is 16.7 Å². The standard InChI is InChI=1S/C27H28BNO3/c1-26(2)27(3,4)32-28(31-26)24(21-16-10-6-11-17-21)23(20-14-8-5-9-15-20)25(30)29-22-18-12-7-13-19-22/h5-19H,1-4H3,(H,29,30)/b24-23-. The monoisotopic (exact) mass is 425 g/mol. The zero-order valence-corrected chi connectivity index (χ0v) is 19.0. The molecular weight excluding hydrogens is 397 g/mol. The van der Waals surface area contributed by atoms with E-state index in [1.807, 2.05) is 119 Å². The maximum absolute atomic E-state index is 13.7. The van der Waals surface area contributed by atoms with Crippen LogP contribution in [0, 0.1) is 0 Å². The van der Waals surface area contributed by atoms with Gasteiger partial charge >= 0.3 is 7.12 Å². The highest BCUT2D eigenvalue weighted by Crippen LogP contribution is 2.42. The molecule has 1 aliphatic heterocycles. The molecule has 32 heavy (non-hydrogen) atoms. The SMILES string of the molecule is CC1(C)OB(/C(=C(\C(=O)Nc2ccccc2)c2ccccc2)c2ccccc2)OC1(C)C. The van der Waals surface area contributed by atoms with E-state index in [1.165, 1.54) is 0 Å². The topological polar surface area (TPSA) is 47.6 Å². The fraction of sp³-hybridized carbons (Fsp3) is 0.222. The first-order valence-electron chi connectivity index (χ1n) is 10.9. The summed E-state index contributed by atoms with van der Waals surface area (Å²) < 4.78 is 12.8. The molecule has 1 amide bonds. The van der Waals surface area contributed by atoms with Crippen LogP contribution in [0.15, 0.2) is 91.0 Å². The Hall–Kier alpha value is -3.15. The van der Waals surface area contributed by atoms with Crippen LogP contribution in [0.1, 0.15) is 38.8 Å². The Morgan fingerprint density at radius 3 is 1.62 bits per heavy atom. The molecule has 1 saturated heterocycles. The lowest BCUT2D eigenvalue weighted by atomic mass is 9.70. The third-order valence-electron chi connectivity index (χ3n) is 6.16. The second kappa shape index (κ2) is 8.77. The molecule has 0 unspecified atom stereocenters. The molecule has 1 heterocycles. The first-order chi connectivity index (χ1) is 15.3. The number of anilines is 1. The number of rotatable bonds is 5. The maximum atomic E-state index is 13.7. The largest absolute Gasteiger partial charge is 0.496 e. The molecule has 1 N–H and O–H groups in total.